The van der Waals surface area contributed by atoms with Crippen molar-refractivity contribution in [1.29, 1.82) is 0 Å². The van der Waals surface area contributed by atoms with Crippen LogP contribution in [-0.2, 0) is 30.8 Å². The van der Waals surface area contributed by atoms with E-state index in [-0.39, 0.29) is 24.8 Å². The third-order valence-corrected chi connectivity index (χ3v) is 5.44. The first-order valence-corrected chi connectivity index (χ1v) is 10.7. The van der Waals surface area contributed by atoms with Gasteiger partial charge in [0.1, 0.15) is 5.75 Å². The lowest BCUT2D eigenvalue weighted by Gasteiger charge is -2.18. The second-order valence-corrected chi connectivity index (χ2v) is 8.11. The number of pyridine rings is 1. The Balaban J connectivity index is 0.00000181. The first-order chi connectivity index (χ1) is 14.7. The first kappa shape index (κ1) is 26.1. The van der Waals surface area contributed by atoms with Crippen molar-refractivity contribution in [3.8, 4) is 5.75 Å². The van der Waals surface area contributed by atoms with Gasteiger partial charge in [0.2, 0.25) is 0 Å². The number of halogens is 2. The second kappa shape index (κ2) is 12.8. The van der Waals surface area contributed by atoms with Gasteiger partial charge in [0.15, 0.2) is 0 Å². The Morgan fingerprint density at radius 2 is 1.38 bits per heavy atom. The molecule has 0 aliphatic carbocycles. The lowest BCUT2D eigenvalue weighted by atomic mass is 9.99. The molecule has 6 heteroatoms. The fourth-order valence-corrected chi connectivity index (χ4v) is 3.91. The third kappa shape index (κ3) is 6.69. The number of ether oxygens (including phenoxy) is 2. The van der Waals surface area contributed by atoms with Crippen LogP contribution in [0.3, 0.4) is 0 Å². The Morgan fingerprint density at radius 1 is 0.812 bits per heavy atom. The summed E-state index contributed by atoms with van der Waals surface area (Å²) in [6.07, 6.45) is 2.56. The Morgan fingerprint density at radius 3 is 1.97 bits per heavy atom. The molecular formula is C26H32Cl2N2O2. The van der Waals surface area contributed by atoms with Gasteiger partial charge >= 0.3 is 0 Å². The highest BCUT2D eigenvalue weighted by atomic mass is 35.5. The van der Waals surface area contributed by atoms with Crippen molar-refractivity contribution in [3.05, 3.63) is 94.3 Å². The Hall–Kier alpha value is -2.11. The van der Waals surface area contributed by atoms with Crippen LogP contribution < -0.4 is 4.74 Å². The van der Waals surface area contributed by atoms with E-state index in [0.29, 0.717) is 19.8 Å². The van der Waals surface area contributed by atoms with E-state index in [1.165, 1.54) is 22.3 Å². The molecule has 0 saturated carbocycles. The number of aromatic nitrogens is 1. The number of hydrogen-bond donors (Lipinski definition) is 0. The third-order valence-electron chi connectivity index (χ3n) is 5.44. The summed E-state index contributed by atoms with van der Waals surface area (Å²) in [5.74, 6) is 0.932. The van der Waals surface area contributed by atoms with Gasteiger partial charge in [-0.1, -0.05) is 60.7 Å². The fraction of sp³-hybridized carbons (Fsp3) is 0.346. The molecule has 0 saturated heterocycles. The summed E-state index contributed by atoms with van der Waals surface area (Å²) in [6.45, 7) is 2.91. The van der Waals surface area contributed by atoms with Gasteiger partial charge in [-0.05, 0) is 31.6 Å². The summed E-state index contributed by atoms with van der Waals surface area (Å²) in [5, 5.41) is 0. The zero-order valence-corrected chi connectivity index (χ0v) is 20.4. The van der Waals surface area contributed by atoms with Crippen molar-refractivity contribution in [2.45, 2.75) is 32.5 Å². The lowest BCUT2D eigenvalue weighted by Crippen LogP contribution is -2.16. The van der Waals surface area contributed by atoms with Gasteiger partial charge in [0.25, 0.3) is 0 Å². The summed E-state index contributed by atoms with van der Waals surface area (Å²) in [5.41, 5.74) is 7.03. The highest BCUT2D eigenvalue weighted by molar-refractivity contribution is 5.85. The van der Waals surface area contributed by atoms with Crippen LogP contribution in [0.25, 0.3) is 0 Å². The molecule has 0 amide bonds. The van der Waals surface area contributed by atoms with Crippen LogP contribution in [0.4, 0.5) is 0 Å². The van der Waals surface area contributed by atoms with E-state index in [1.54, 1.807) is 0 Å². The van der Waals surface area contributed by atoms with Crippen molar-refractivity contribution < 1.29 is 9.47 Å². The molecule has 0 unspecified atom stereocenters. The van der Waals surface area contributed by atoms with Crippen molar-refractivity contribution in [2.24, 2.45) is 0 Å². The monoisotopic (exact) mass is 474 g/mol. The van der Waals surface area contributed by atoms with E-state index < -0.39 is 0 Å². The lowest BCUT2D eigenvalue weighted by molar-refractivity contribution is 0.132. The van der Waals surface area contributed by atoms with E-state index >= 15 is 0 Å². The van der Waals surface area contributed by atoms with E-state index in [4.69, 9.17) is 14.5 Å². The fourth-order valence-electron chi connectivity index (χ4n) is 3.91. The number of rotatable bonds is 9. The minimum absolute atomic E-state index is 0. The van der Waals surface area contributed by atoms with Gasteiger partial charge in [0.05, 0.1) is 31.2 Å². The molecule has 1 aliphatic heterocycles. The predicted molar refractivity (Wildman–Crippen MR) is 134 cm³/mol. The van der Waals surface area contributed by atoms with Crippen LogP contribution >= 0.6 is 24.8 Å². The van der Waals surface area contributed by atoms with Crippen molar-refractivity contribution >= 4 is 24.8 Å². The quantitative estimate of drug-likeness (QED) is 0.385. The molecule has 0 N–H and O–H groups in total. The summed E-state index contributed by atoms with van der Waals surface area (Å²) in [4.78, 5) is 7.32. The van der Waals surface area contributed by atoms with Gasteiger partial charge < -0.3 is 14.4 Å². The smallest absolute Gasteiger partial charge is 0.147 e. The number of nitrogens with zero attached hydrogens (tertiary/aromatic N) is 2. The average Bonchev–Trinajstić information content (AvgIpc) is 3.24. The molecule has 4 rings (SSSR count). The van der Waals surface area contributed by atoms with Crippen LogP contribution in [0, 0.1) is 0 Å². The average molecular weight is 475 g/mol. The maximum absolute atomic E-state index is 6.34. The standard InChI is InChI=1S/C26H30N2O2.2ClH/c1-28(2)14-9-15-30-26-23-19-29-18-22(23)24(16-20-10-5-3-6-11-20)27-25(26)17-21-12-7-4-8-13-21;;/h3-8,10-13H,9,14-19H2,1-2H3;2*1H. The van der Waals surface area contributed by atoms with E-state index in [1.807, 2.05) is 6.07 Å². The van der Waals surface area contributed by atoms with Gasteiger partial charge in [-0.25, -0.2) is 0 Å². The molecule has 0 spiro atoms. The molecular weight excluding hydrogens is 443 g/mol. The molecule has 0 atom stereocenters. The van der Waals surface area contributed by atoms with Crippen LogP contribution in [0.2, 0.25) is 0 Å². The predicted octanol–water partition coefficient (Wildman–Crippen LogP) is 5.47. The molecule has 1 aromatic heterocycles. The molecule has 0 radical (unpaired) electrons. The summed E-state index contributed by atoms with van der Waals surface area (Å²) in [6, 6.07) is 21.0. The van der Waals surface area contributed by atoms with Crippen LogP contribution in [0.5, 0.6) is 5.75 Å². The van der Waals surface area contributed by atoms with E-state index in [9.17, 15) is 0 Å². The molecule has 2 heterocycles. The Labute approximate surface area is 203 Å². The van der Waals surface area contributed by atoms with Gasteiger partial charge in [-0.15, -0.1) is 24.8 Å². The van der Waals surface area contributed by atoms with Crippen LogP contribution in [-0.4, -0.2) is 37.1 Å². The highest BCUT2D eigenvalue weighted by Crippen LogP contribution is 2.35. The van der Waals surface area contributed by atoms with E-state index in [2.05, 4.69) is 73.6 Å². The number of fused-ring (bicyclic) bond motifs is 1. The van der Waals surface area contributed by atoms with Crippen LogP contribution in [0.1, 0.15) is 40.1 Å². The molecule has 3 aromatic rings. The maximum atomic E-state index is 6.34. The normalized spacial score (nSPS) is 12.1. The SMILES string of the molecule is CN(C)CCCOc1c(Cc2ccccc2)nc(Cc2ccccc2)c2c1COC2.Cl.Cl. The molecule has 1 aliphatic rings. The molecule has 0 bridgehead atoms. The molecule has 32 heavy (non-hydrogen) atoms. The summed E-state index contributed by atoms with van der Waals surface area (Å²) < 4.78 is 12.2. The van der Waals surface area contributed by atoms with Crippen molar-refractivity contribution in [3.63, 3.8) is 0 Å². The molecule has 172 valence electrons. The minimum Gasteiger partial charge on any atom is -0.491 e. The summed E-state index contributed by atoms with van der Waals surface area (Å²) in [7, 11) is 4.18. The topological polar surface area (TPSA) is 34.6 Å². The van der Waals surface area contributed by atoms with Gasteiger partial charge in [-0.2, -0.15) is 0 Å². The molecule has 2 aromatic carbocycles. The highest BCUT2D eigenvalue weighted by Gasteiger charge is 2.25. The maximum Gasteiger partial charge on any atom is 0.147 e. The molecule has 4 nitrogen and oxygen atoms in total. The largest absolute Gasteiger partial charge is 0.491 e. The molecule has 0 fully saturated rings. The Kier molecular flexibility index (Phi) is 10.5. The zero-order chi connectivity index (χ0) is 20.8. The first-order valence-electron chi connectivity index (χ1n) is 10.7. The number of benzene rings is 2. The minimum atomic E-state index is 0. The summed E-state index contributed by atoms with van der Waals surface area (Å²) >= 11 is 0. The van der Waals surface area contributed by atoms with E-state index in [0.717, 1.165) is 42.9 Å². The number of hydrogen-bond acceptors (Lipinski definition) is 4. The van der Waals surface area contributed by atoms with Crippen molar-refractivity contribution in [1.82, 2.24) is 9.88 Å². The van der Waals surface area contributed by atoms with Gasteiger partial charge in [0, 0.05) is 30.5 Å². The zero-order valence-electron chi connectivity index (χ0n) is 18.8. The second-order valence-electron chi connectivity index (χ2n) is 8.11. The van der Waals surface area contributed by atoms with Gasteiger partial charge in [-0.3, -0.25) is 4.98 Å². The van der Waals surface area contributed by atoms with Crippen LogP contribution in [0.15, 0.2) is 60.7 Å². The Bertz CT molecular complexity index is 967. The van der Waals surface area contributed by atoms with Crippen molar-refractivity contribution in [2.75, 3.05) is 27.2 Å².